The van der Waals surface area contributed by atoms with Crippen LogP contribution in [-0.2, 0) is 13.2 Å². The van der Waals surface area contributed by atoms with E-state index in [1.165, 1.54) is 6.33 Å². The molecule has 2 aliphatic rings. The number of carbonyl (C=O) groups is 1. The number of rotatable bonds is 12. The summed E-state index contributed by atoms with van der Waals surface area (Å²) >= 11 is 0. The van der Waals surface area contributed by atoms with Gasteiger partial charge < -0.3 is 55.9 Å². The van der Waals surface area contributed by atoms with Crippen molar-refractivity contribution < 1.29 is 30.3 Å². The van der Waals surface area contributed by atoms with Gasteiger partial charge in [0.05, 0.1) is 25.0 Å². The first kappa shape index (κ1) is 37.5. The largest absolute Gasteiger partial charge is 0.508 e. The first-order chi connectivity index (χ1) is 27.7. The molecule has 9 N–H and O–H groups in total. The van der Waals surface area contributed by atoms with E-state index in [1.54, 1.807) is 22.8 Å². The second kappa shape index (κ2) is 16.0. The highest BCUT2D eigenvalue weighted by atomic mass is 16.3. The van der Waals surface area contributed by atoms with Gasteiger partial charge >= 0.3 is 11.7 Å². The van der Waals surface area contributed by atoms with E-state index in [-0.39, 0.29) is 42.4 Å². The van der Waals surface area contributed by atoms with Gasteiger partial charge in [-0.25, -0.2) is 14.6 Å². The Labute approximate surface area is 326 Å². The lowest BCUT2D eigenvalue weighted by molar-refractivity contribution is 0.00758. The van der Waals surface area contributed by atoms with Crippen molar-refractivity contribution in [1.29, 1.82) is 0 Å². The number of aromatic nitrogens is 6. The maximum absolute atomic E-state index is 12.9. The molecule has 1 aliphatic heterocycles. The molecule has 17 heteroatoms. The number of phenols is 1. The number of benzene rings is 3. The molecule has 0 radical (unpaired) electrons. The van der Waals surface area contributed by atoms with Gasteiger partial charge in [-0.3, -0.25) is 4.57 Å². The highest BCUT2D eigenvalue weighted by Gasteiger charge is 2.46. The molecule has 2 fully saturated rings. The van der Waals surface area contributed by atoms with Gasteiger partial charge in [0.2, 0.25) is 11.8 Å². The number of aliphatic hydroxyl groups excluding tert-OH is 3. The van der Waals surface area contributed by atoms with Crippen LogP contribution in [0.5, 0.6) is 11.6 Å². The summed E-state index contributed by atoms with van der Waals surface area (Å²) in [7, 11) is 0. The minimum Gasteiger partial charge on any atom is -0.508 e. The number of urea groups is 1. The zero-order valence-electron chi connectivity index (χ0n) is 30.8. The molecule has 1 saturated heterocycles. The first-order valence-corrected chi connectivity index (χ1v) is 18.8. The van der Waals surface area contributed by atoms with Crippen molar-refractivity contribution in [3.8, 4) is 11.6 Å². The summed E-state index contributed by atoms with van der Waals surface area (Å²) in [5.74, 6) is 0.369. The maximum Gasteiger partial charge on any atom is 0.329 e. The summed E-state index contributed by atoms with van der Waals surface area (Å²) < 4.78 is 2.62. The third-order valence-electron chi connectivity index (χ3n) is 10.9. The quantitative estimate of drug-likeness (QED) is 0.0872. The number of aromatic amines is 1. The Bertz CT molecular complexity index is 2360. The molecule has 2 amide bonds. The number of hydrogen-bond acceptors (Lipinski definition) is 12. The summed E-state index contributed by atoms with van der Waals surface area (Å²) in [6.45, 7) is 1.02. The van der Waals surface area contributed by atoms with Gasteiger partial charge in [-0.05, 0) is 41.7 Å². The fraction of sp³-hybridized carbons (Fsp3) is 0.325. The van der Waals surface area contributed by atoms with E-state index in [1.807, 2.05) is 47.4 Å². The summed E-state index contributed by atoms with van der Waals surface area (Å²) in [5.41, 5.74) is 2.94. The SMILES string of the molecule is O=C(NCc1cccc(O)c1)NC1CCN(c2nc(NCC(c3ccccc3)c3ccccc3)c3ncn([C@@H]4C[C@H](n5c(O)c(CO)[nH]c5=O)[C@@H](O)[C@H]4O)c3n2)C1. The number of phenolic OH excluding ortho intramolecular Hbond substituents is 1. The number of imidazole rings is 2. The van der Waals surface area contributed by atoms with Crippen LogP contribution in [0, 0.1) is 0 Å². The number of nitrogens with zero attached hydrogens (tertiary/aromatic N) is 6. The maximum atomic E-state index is 12.9. The van der Waals surface area contributed by atoms with Crippen LogP contribution >= 0.6 is 0 Å². The molecule has 6 aromatic rings. The van der Waals surface area contributed by atoms with E-state index in [4.69, 9.17) is 15.0 Å². The predicted molar refractivity (Wildman–Crippen MR) is 210 cm³/mol. The Morgan fingerprint density at radius 2 is 1.65 bits per heavy atom. The van der Waals surface area contributed by atoms with Crippen molar-refractivity contribution >= 4 is 29.0 Å². The lowest BCUT2D eigenvalue weighted by Crippen LogP contribution is -2.43. The van der Waals surface area contributed by atoms with E-state index < -0.39 is 42.5 Å². The van der Waals surface area contributed by atoms with Crippen LogP contribution in [0.4, 0.5) is 16.6 Å². The van der Waals surface area contributed by atoms with Crippen LogP contribution < -0.4 is 26.5 Å². The fourth-order valence-electron chi connectivity index (χ4n) is 7.98. The lowest BCUT2D eigenvalue weighted by Gasteiger charge is -2.22. The highest BCUT2D eigenvalue weighted by molar-refractivity contribution is 5.84. The average molecular weight is 777 g/mol. The number of carbonyl (C=O) groups excluding carboxylic acids is 1. The Hall–Kier alpha value is -6.43. The molecule has 3 aromatic carbocycles. The van der Waals surface area contributed by atoms with Crippen LogP contribution in [0.25, 0.3) is 11.2 Å². The van der Waals surface area contributed by atoms with E-state index >= 15 is 0 Å². The van der Waals surface area contributed by atoms with Gasteiger partial charge in [-0.2, -0.15) is 9.97 Å². The van der Waals surface area contributed by atoms with Gasteiger partial charge in [0.15, 0.2) is 17.0 Å². The zero-order chi connectivity index (χ0) is 39.6. The Balaban J connectivity index is 1.09. The van der Waals surface area contributed by atoms with E-state index in [2.05, 4.69) is 45.2 Å². The Morgan fingerprint density at radius 1 is 0.930 bits per heavy atom. The van der Waals surface area contributed by atoms with Crippen molar-refractivity contribution in [3.63, 3.8) is 0 Å². The van der Waals surface area contributed by atoms with Gasteiger partial charge in [-0.1, -0.05) is 72.8 Å². The van der Waals surface area contributed by atoms with Crippen LogP contribution in [-0.4, -0.2) is 98.5 Å². The van der Waals surface area contributed by atoms with Crippen molar-refractivity contribution in [2.45, 2.75) is 62.2 Å². The third kappa shape index (κ3) is 7.59. The van der Waals surface area contributed by atoms with E-state index in [9.17, 15) is 35.1 Å². The van der Waals surface area contributed by atoms with Gasteiger partial charge in [0.25, 0.3) is 0 Å². The average Bonchev–Trinajstić information content (AvgIpc) is 4.00. The molecular formula is C40H44N10O7. The Kier molecular flexibility index (Phi) is 10.5. The summed E-state index contributed by atoms with van der Waals surface area (Å²) in [6, 6.07) is 24.5. The molecular weight excluding hydrogens is 733 g/mol. The monoisotopic (exact) mass is 776 g/mol. The molecule has 1 aliphatic carbocycles. The van der Waals surface area contributed by atoms with E-state index in [0.717, 1.165) is 21.3 Å². The van der Waals surface area contributed by atoms with Crippen LogP contribution in [0.1, 0.15) is 53.2 Å². The Morgan fingerprint density at radius 3 is 2.33 bits per heavy atom. The number of H-pyrrole nitrogens is 1. The van der Waals surface area contributed by atoms with Crippen molar-refractivity contribution in [2.24, 2.45) is 0 Å². The van der Waals surface area contributed by atoms with Gasteiger partial charge in [0.1, 0.15) is 23.7 Å². The zero-order valence-corrected chi connectivity index (χ0v) is 30.8. The number of hydrogen-bond donors (Lipinski definition) is 9. The number of fused-ring (bicyclic) bond motifs is 1. The molecule has 8 rings (SSSR count). The predicted octanol–water partition coefficient (Wildman–Crippen LogP) is 2.45. The first-order valence-electron chi connectivity index (χ1n) is 18.8. The lowest BCUT2D eigenvalue weighted by atomic mass is 9.91. The summed E-state index contributed by atoms with van der Waals surface area (Å²) in [6.07, 6.45) is -0.650. The minimum atomic E-state index is -1.45. The molecule has 1 saturated carbocycles. The van der Waals surface area contributed by atoms with Crippen molar-refractivity contribution in [3.05, 3.63) is 124 Å². The molecule has 0 spiro atoms. The second-order valence-corrected chi connectivity index (χ2v) is 14.5. The molecule has 57 heavy (non-hydrogen) atoms. The number of anilines is 2. The smallest absolute Gasteiger partial charge is 0.329 e. The highest BCUT2D eigenvalue weighted by Crippen LogP contribution is 2.41. The molecule has 4 heterocycles. The summed E-state index contributed by atoms with van der Waals surface area (Å²) in [5, 5.41) is 62.1. The van der Waals surface area contributed by atoms with Crippen LogP contribution in [0.2, 0.25) is 0 Å². The van der Waals surface area contributed by atoms with Crippen LogP contribution in [0.3, 0.4) is 0 Å². The molecule has 3 aromatic heterocycles. The number of nitrogens with one attached hydrogen (secondary N) is 4. The molecule has 5 atom stereocenters. The second-order valence-electron chi connectivity index (χ2n) is 14.5. The summed E-state index contributed by atoms with van der Waals surface area (Å²) in [4.78, 5) is 44.6. The molecule has 1 unspecified atom stereocenters. The number of amides is 2. The molecule has 296 valence electrons. The standard InChI is InChI=1S/C40H44N10O7/c51-21-29-37(55)50(40(57)45-29)31-17-30(33(53)34(31)54)49-22-43-32-35(41-19-28(24-9-3-1-4-10-24)25-11-5-2-6-12-25)46-38(47-36(32)49)48-15-14-26(20-48)44-39(56)42-18-23-8-7-13-27(52)16-23/h1-13,16,22,26,28,30-31,33-34,51-55H,14-15,17-21H2,(H,45,57)(H,41,46,47)(H2,42,44,56)/t26?,30-,31+,33+,34-/m1/s1. The molecule has 0 bridgehead atoms. The van der Waals surface area contributed by atoms with Crippen molar-refractivity contribution in [2.75, 3.05) is 29.9 Å². The normalized spacial score (nSPS) is 20.7. The fourth-order valence-corrected chi connectivity index (χ4v) is 7.98. The van der Waals surface area contributed by atoms with Crippen LogP contribution in [0.15, 0.2) is 96.1 Å². The van der Waals surface area contributed by atoms with Gasteiger partial charge in [-0.15, -0.1) is 0 Å². The number of aliphatic hydroxyl groups is 3. The van der Waals surface area contributed by atoms with Gasteiger partial charge in [0, 0.05) is 38.1 Å². The topological polar surface area (TPSA) is 239 Å². The minimum absolute atomic E-state index is 0.0313. The van der Waals surface area contributed by atoms with E-state index in [0.29, 0.717) is 49.0 Å². The van der Waals surface area contributed by atoms with Crippen molar-refractivity contribution in [1.82, 2.24) is 39.7 Å². The number of aromatic hydroxyl groups is 2. The third-order valence-corrected chi connectivity index (χ3v) is 10.9. The molecule has 17 nitrogen and oxygen atoms in total.